The highest BCUT2D eigenvalue weighted by Crippen LogP contribution is 2.19. The van der Waals surface area contributed by atoms with Gasteiger partial charge in [-0.25, -0.2) is 13.8 Å². The first-order chi connectivity index (χ1) is 9.99. The van der Waals surface area contributed by atoms with Crippen LogP contribution in [0.1, 0.15) is 33.6 Å². The fourth-order valence-electron chi connectivity index (χ4n) is 1.61. The average Bonchev–Trinajstić information content (AvgIpc) is 2.46. The Morgan fingerprint density at radius 2 is 1.81 bits per heavy atom. The molecule has 0 saturated heterocycles. The van der Waals surface area contributed by atoms with E-state index in [0.717, 1.165) is 18.9 Å². The molecule has 1 aromatic heterocycles. The quantitative estimate of drug-likeness (QED) is 0.690. The van der Waals surface area contributed by atoms with Crippen LogP contribution in [0.15, 0.2) is 6.07 Å². The number of nitrogens with one attached hydrogen (secondary N) is 3. The number of carbonyl (C=O) groups is 1. The minimum Gasteiger partial charge on any atom is -0.368 e. The van der Waals surface area contributed by atoms with E-state index in [4.69, 9.17) is 0 Å². The second kappa shape index (κ2) is 8.39. The van der Waals surface area contributed by atoms with Gasteiger partial charge in [0.1, 0.15) is 6.04 Å². The molecule has 0 bridgehead atoms. The van der Waals surface area contributed by atoms with Crippen LogP contribution in [0.2, 0.25) is 0 Å². The second-order valence-electron chi connectivity index (χ2n) is 4.73. The first kappa shape index (κ1) is 17.1. The first-order valence-corrected chi connectivity index (χ1v) is 7.13. The van der Waals surface area contributed by atoms with Crippen LogP contribution in [0.4, 0.5) is 20.4 Å². The standard InChI is InChI=1S/C14H22F2N4O/c1-4-6-17-12-10(15)8-11(16)13(20-12)19-9(3)14(21)18-7-5-2/h8-9H,4-7H2,1-3H3,(H,18,21)(H2,17,19,20). The van der Waals surface area contributed by atoms with Gasteiger partial charge < -0.3 is 16.0 Å². The van der Waals surface area contributed by atoms with Crippen molar-refractivity contribution in [3.8, 4) is 0 Å². The van der Waals surface area contributed by atoms with E-state index < -0.39 is 17.7 Å². The number of pyridine rings is 1. The summed E-state index contributed by atoms with van der Waals surface area (Å²) in [6, 6.07) is 0.0901. The molecule has 1 atom stereocenters. The average molecular weight is 300 g/mol. The molecular weight excluding hydrogens is 278 g/mol. The van der Waals surface area contributed by atoms with E-state index in [1.807, 2.05) is 13.8 Å². The Labute approximate surface area is 123 Å². The Balaban J connectivity index is 2.79. The topological polar surface area (TPSA) is 66.0 Å². The molecule has 118 valence electrons. The van der Waals surface area contributed by atoms with Crippen LogP contribution >= 0.6 is 0 Å². The zero-order valence-corrected chi connectivity index (χ0v) is 12.6. The number of halogens is 2. The molecule has 0 aliphatic carbocycles. The number of aromatic nitrogens is 1. The van der Waals surface area contributed by atoms with Crippen LogP contribution in [0.5, 0.6) is 0 Å². The number of hydrogen-bond acceptors (Lipinski definition) is 4. The molecule has 1 aromatic rings. The molecule has 7 heteroatoms. The van der Waals surface area contributed by atoms with E-state index >= 15 is 0 Å². The molecule has 21 heavy (non-hydrogen) atoms. The van der Waals surface area contributed by atoms with E-state index in [2.05, 4.69) is 20.9 Å². The summed E-state index contributed by atoms with van der Waals surface area (Å²) in [6.45, 7) is 6.53. The van der Waals surface area contributed by atoms with Gasteiger partial charge >= 0.3 is 0 Å². The summed E-state index contributed by atoms with van der Waals surface area (Å²) in [7, 11) is 0. The molecule has 0 aromatic carbocycles. The van der Waals surface area contributed by atoms with E-state index in [0.29, 0.717) is 13.1 Å². The second-order valence-corrected chi connectivity index (χ2v) is 4.73. The minimum atomic E-state index is -0.829. The van der Waals surface area contributed by atoms with Gasteiger partial charge in [0.05, 0.1) is 0 Å². The van der Waals surface area contributed by atoms with Gasteiger partial charge in [-0.3, -0.25) is 4.79 Å². The van der Waals surface area contributed by atoms with E-state index in [9.17, 15) is 13.6 Å². The zero-order valence-electron chi connectivity index (χ0n) is 12.6. The van der Waals surface area contributed by atoms with E-state index in [-0.39, 0.29) is 17.5 Å². The predicted octanol–water partition coefficient (Wildman–Crippen LogP) is 2.51. The molecule has 1 rings (SSSR count). The summed E-state index contributed by atoms with van der Waals surface area (Å²) in [5.41, 5.74) is 0. The lowest BCUT2D eigenvalue weighted by Gasteiger charge is -2.16. The molecular formula is C14H22F2N4O. The van der Waals surface area contributed by atoms with Crippen molar-refractivity contribution in [2.24, 2.45) is 0 Å². The van der Waals surface area contributed by atoms with Gasteiger partial charge in [-0.2, -0.15) is 0 Å². The van der Waals surface area contributed by atoms with Crippen LogP contribution in [-0.2, 0) is 4.79 Å². The lowest BCUT2D eigenvalue weighted by molar-refractivity contribution is -0.121. The monoisotopic (exact) mass is 300 g/mol. The SMILES string of the molecule is CCCNC(=O)C(C)Nc1nc(NCCC)c(F)cc1F. The van der Waals surface area contributed by atoms with Crippen molar-refractivity contribution in [1.29, 1.82) is 0 Å². The molecule has 5 nitrogen and oxygen atoms in total. The largest absolute Gasteiger partial charge is 0.368 e. The van der Waals surface area contributed by atoms with Crippen molar-refractivity contribution in [2.75, 3.05) is 23.7 Å². The highest BCUT2D eigenvalue weighted by Gasteiger charge is 2.17. The fourth-order valence-corrected chi connectivity index (χ4v) is 1.61. The lowest BCUT2D eigenvalue weighted by atomic mass is 10.3. The Kier molecular flexibility index (Phi) is 6.84. The van der Waals surface area contributed by atoms with Gasteiger partial charge in [0.2, 0.25) is 5.91 Å². The number of hydrogen-bond donors (Lipinski definition) is 3. The summed E-state index contributed by atoms with van der Waals surface area (Å²) in [5.74, 6) is -2.01. The Morgan fingerprint density at radius 3 is 2.43 bits per heavy atom. The number of anilines is 2. The van der Waals surface area contributed by atoms with E-state index in [1.165, 1.54) is 0 Å². The van der Waals surface area contributed by atoms with Crippen LogP contribution in [0, 0.1) is 11.6 Å². The maximum atomic E-state index is 13.7. The van der Waals surface area contributed by atoms with Crippen LogP contribution in [0.3, 0.4) is 0 Å². The number of nitrogens with zero attached hydrogens (tertiary/aromatic N) is 1. The minimum absolute atomic E-state index is 0.0260. The highest BCUT2D eigenvalue weighted by molar-refractivity contribution is 5.83. The summed E-state index contributed by atoms with van der Waals surface area (Å²) >= 11 is 0. The molecule has 1 heterocycles. The maximum absolute atomic E-state index is 13.7. The predicted molar refractivity (Wildman–Crippen MR) is 79.3 cm³/mol. The summed E-state index contributed by atoms with van der Waals surface area (Å²) in [6.07, 6.45) is 1.60. The summed E-state index contributed by atoms with van der Waals surface area (Å²) < 4.78 is 27.2. The highest BCUT2D eigenvalue weighted by atomic mass is 19.1. The molecule has 0 fully saturated rings. The molecule has 3 N–H and O–H groups in total. The van der Waals surface area contributed by atoms with Crippen molar-refractivity contribution in [3.05, 3.63) is 17.7 Å². The van der Waals surface area contributed by atoms with Crippen LogP contribution < -0.4 is 16.0 Å². The molecule has 0 saturated carbocycles. The smallest absolute Gasteiger partial charge is 0.242 e. The zero-order chi connectivity index (χ0) is 15.8. The maximum Gasteiger partial charge on any atom is 0.242 e. The Bertz CT molecular complexity index is 482. The van der Waals surface area contributed by atoms with Gasteiger partial charge in [-0.1, -0.05) is 13.8 Å². The van der Waals surface area contributed by atoms with Crippen molar-refractivity contribution in [3.63, 3.8) is 0 Å². The van der Waals surface area contributed by atoms with Crippen LogP contribution in [0.25, 0.3) is 0 Å². The Morgan fingerprint density at radius 1 is 1.19 bits per heavy atom. The number of carbonyl (C=O) groups excluding carboxylic acids is 1. The summed E-state index contributed by atoms with van der Waals surface area (Å²) in [5, 5.41) is 8.12. The molecule has 1 unspecified atom stereocenters. The third kappa shape index (κ3) is 5.17. The molecule has 0 radical (unpaired) electrons. The van der Waals surface area contributed by atoms with Crippen molar-refractivity contribution < 1.29 is 13.6 Å². The molecule has 1 amide bonds. The van der Waals surface area contributed by atoms with Crippen LogP contribution in [-0.4, -0.2) is 30.0 Å². The van der Waals surface area contributed by atoms with Gasteiger partial charge in [-0.05, 0) is 19.8 Å². The first-order valence-electron chi connectivity index (χ1n) is 7.13. The van der Waals surface area contributed by atoms with Crippen molar-refractivity contribution >= 4 is 17.5 Å². The van der Waals surface area contributed by atoms with E-state index in [1.54, 1.807) is 6.92 Å². The third-order valence-electron chi connectivity index (χ3n) is 2.77. The molecule has 0 aliphatic heterocycles. The Hall–Kier alpha value is -1.92. The van der Waals surface area contributed by atoms with Crippen molar-refractivity contribution in [2.45, 2.75) is 39.7 Å². The lowest BCUT2D eigenvalue weighted by Crippen LogP contribution is -2.38. The fraction of sp³-hybridized carbons (Fsp3) is 0.571. The summed E-state index contributed by atoms with van der Waals surface area (Å²) in [4.78, 5) is 15.6. The molecule has 0 aliphatic rings. The van der Waals surface area contributed by atoms with Crippen molar-refractivity contribution in [1.82, 2.24) is 10.3 Å². The van der Waals surface area contributed by atoms with Gasteiger partial charge in [0.15, 0.2) is 23.3 Å². The third-order valence-corrected chi connectivity index (χ3v) is 2.77. The van der Waals surface area contributed by atoms with Gasteiger partial charge in [0.25, 0.3) is 0 Å². The van der Waals surface area contributed by atoms with Gasteiger partial charge in [0, 0.05) is 19.2 Å². The number of amides is 1. The number of rotatable bonds is 8. The normalized spacial score (nSPS) is 11.9. The molecule has 0 spiro atoms. The van der Waals surface area contributed by atoms with Gasteiger partial charge in [-0.15, -0.1) is 0 Å².